The Balaban J connectivity index is 0.000000956. The molecule has 0 aromatic heterocycles. The zero-order chi connectivity index (χ0) is 15.1. The highest BCUT2D eigenvalue weighted by molar-refractivity contribution is 5.90. The first-order valence-corrected chi connectivity index (χ1v) is 5.54. The lowest BCUT2D eigenvalue weighted by Gasteiger charge is -2.03. The second kappa shape index (κ2) is 6.84. The molecule has 2 aromatic carbocycles. The Morgan fingerprint density at radius 1 is 0.750 bits per heavy atom. The van der Waals surface area contributed by atoms with E-state index in [1.165, 1.54) is 18.2 Å². The maximum absolute atomic E-state index is 10.9. The molecule has 0 fully saturated rings. The van der Waals surface area contributed by atoms with Crippen LogP contribution in [0.1, 0.15) is 20.7 Å². The Kier molecular flexibility index (Phi) is 5.17. The molecule has 0 unspecified atom stereocenters. The molecule has 5 nitrogen and oxygen atoms in total. The van der Waals surface area contributed by atoms with Gasteiger partial charge in [-0.2, -0.15) is 0 Å². The van der Waals surface area contributed by atoms with Gasteiger partial charge in [0.1, 0.15) is 6.79 Å². The third-order valence-electron chi connectivity index (χ3n) is 2.57. The number of hydrogen-bond acceptors (Lipinski definition) is 3. The minimum atomic E-state index is -0.987. The Labute approximate surface area is 115 Å². The van der Waals surface area contributed by atoms with Crippen molar-refractivity contribution < 1.29 is 24.6 Å². The molecule has 0 aliphatic carbocycles. The van der Waals surface area contributed by atoms with Crippen molar-refractivity contribution in [3.63, 3.8) is 0 Å². The van der Waals surface area contributed by atoms with E-state index in [4.69, 9.17) is 15.0 Å². The molecular formula is C15H12O5. The smallest absolute Gasteiger partial charge is 0.335 e. The molecule has 0 aliphatic rings. The Morgan fingerprint density at radius 3 is 1.80 bits per heavy atom. The van der Waals surface area contributed by atoms with Gasteiger partial charge in [-0.1, -0.05) is 24.3 Å². The van der Waals surface area contributed by atoms with Crippen LogP contribution in [0.25, 0.3) is 11.1 Å². The van der Waals surface area contributed by atoms with Gasteiger partial charge in [0, 0.05) is 0 Å². The lowest BCUT2D eigenvalue weighted by Crippen LogP contribution is -1.96. The minimum Gasteiger partial charge on any atom is -0.478 e. The van der Waals surface area contributed by atoms with E-state index in [2.05, 4.69) is 0 Å². The maximum Gasteiger partial charge on any atom is 0.335 e. The average Bonchev–Trinajstić information content (AvgIpc) is 2.49. The zero-order valence-corrected chi connectivity index (χ0v) is 10.4. The van der Waals surface area contributed by atoms with Gasteiger partial charge in [0.05, 0.1) is 11.1 Å². The Morgan fingerprint density at radius 2 is 1.30 bits per heavy atom. The first-order chi connectivity index (χ1) is 9.58. The summed E-state index contributed by atoms with van der Waals surface area (Å²) in [6.07, 6.45) is 0. The maximum atomic E-state index is 10.9. The molecule has 0 bridgehead atoms. The summed E-state index contributed by atoms with van der Waals surface area (Å²) in [5.41, 5.74) is 1.93. The van der Waals surface area contributed by atoms with Gasteiger partial charge < -0.3 is 15.0 Å². The van der Waals surface area contributed by atoms with Crippen molar-refractivity contribution >= 4 is 18.7 Å². The van der Waals surface area contributed by atoms with E-state index in [0.717, 1.165) is 11.1 Å². The largest absolute Gasteiger partial charge is 0.478 e. The topological polar surface area (TPSA) is 91.7 Å². The van der Waals surface area contributed by atoms with Gasteiger partial charge >= 0.3 is 11.9 Å². The third kappa shape index (κ3) is 3.52. The number of carboxylic acids is 2. The van der Waals surface area contributed by atoms with Crippen LogP contribution >= 0.6 is 0 Å². The van der Waals surface area contributed by atoms with Gasteiger partial charge in [0.2, 0.25) is 0 Å². The summed E-state index contributed by atoms with van der Waals surface area (Å²) in [6.45, 7) is 2.00. The van der Waals surface area contributed by atoms with Crippen LogP contribution < -0.4 is 0 Å². The first-order valence-electron chi connectivity index (χ1n) is 5.54. The molecule has 0 spiro atoms. The van der Waals surface area contributed by atoms with Gasteiger partial charge in [-0.05, 0) is 35.4 Å². The third-order valence-corrected chi connectivity index (χ3v) is 2.57. The number of benzene rings is 2. The fourth-order valence-electron chi connectivity index (χ4n) is 1.64. The lowest BCUT2D eigenvalue weighted by molar-refractivity contribution is -0.0980. The summed E-state index contributed by atoms with van der Waals surface area (Å²) in [4.78, 5) is 29.6. The van der Waals surface area contributed by atoms with Gasteiger partial charge in [0.25, 0.3) is 0 Å². The van der Waals surface area contributed by atoms with Crippen molar-refractivity contribution in [2.75, 3.05) is 0 Å². The number of rotatable bonds is 3. The van der Waals surface area contributed by atoms with E-state index in [9.17, 15) is 9.59 Å². The van der Waals surface area contributed by atoms with Gasteiger partial charge in [-0.3, -0.25) is 0 Å². The van der Waals surface area contributed by atoms with E-state index < -0.39 is 11.9 Å². The molecule has 2 aromatic rings. The van der Waals surface area contributed by atoms with Crippen molar-refractivity contribution in [2.45, 2.75) is 0 Å². The lowest BCUT2D eigenvalue weighted by atomic mass is 10.0. The Bertz CT molecular complexity index is 616. The zero-order valence-electron chi connectivity index (χ0n) is 10.4. The van der Waals surface area contributed by atoms with Crippen molar-refractivity contribution in [2.24, 2.45) is 0 Å². The summed E-state index contributed by atoms with van der Waals surface area (Å²) >= 11 is 0. The van der Waals surface area contributed by atoms with E-state index in [1.807, 2.05) is 6.79 Å². The van der Waals surface area contributed by atoms with E-state index in [0.29, 0.717) is 0 Å². The quantitative estimate of drug-likeness (QED) is 0.895. The average molecular weight is 272 g/mol. The fourth-order valence-corrected chi connectivity index (χ4v) is 1.64. The molecule has 0 saturated carbocycles. The highest BCUT2D eigenvalue weighted by atomic mass is 16.4. The minimum absolute atomic E-state index is 0.202. The number of carboxylic acid groups (broad SMARTS) is 2. The summed E-state index contributed by atoms with van der Waals surface area (Å²) in [6, 6.07) is 12.8. The monoisotopic (exact) mass is 272 g/mol. The van der Waals surface area contributed by atoms with Crippen LogP contribution in [0.5, 0.6) is 0 Å². The molecule has 0 heterocycles. The first kappa shape index (κ1) is 15.1. The SMILES string of the molecule is C=O.O=C(O)c1ccc(-c2cccc(C(=O)O)c2)cc1. The van der Waals surface area contributed by atoms with E-state index >= 15 is 0 Å². The molecule has 0 saturated heterocycles. The van der Waals surface area contributed by atoms with Crippen LogP contribution in [0.2, 0.25) is 0 Å². The molecule has 0 aliphatic heterocycles. The molecule has 20 heavy (non-hydrogen) atoms. The predicted molar refractivity (Wildman–Crippen MR) is 72.9 cm³/mol. The van der Waals surface area contributed by atoms with E-state index in [-0.39, 0.29) is 11.1 Å². The fraction of sp³-hybridized carbons (Fsp3) is 0. The van der Waals surface area contributed by atoms with Gasteiger partial charge in [-0.15, -0.1) is 0 Å². The second-order valence-electron chi connectivity index (χ2n) is 3.77. The molecule has 2 N–H and O–H groups in total. The summed E-state index contributed by atoms with van der Waals surface area (Å²) < 4.78 is 0. The van der Waals surface area contributed by atoms with Crippen molar-refractivity contribution in [3.8, 4) is 11.1 Å². The van der Waals surface area contributed by atoms with Gasteiger partial charge in [0.15, 0.2) is 0 Å². The van der Waals surface area contributed by atoms with Crippen LogP contribution in [0, 0.1) is 0 Å². The molecule has 0 amide bonds. The van der Waals surface area contributed by atoms with E-state index in [1.54, 1.807) is 30.3 Å². The molecule has 5 heteroatoms. The molecule has 102 valence electrons. The summed E-state index contributed by atoms with van der Waals surface area (Å²) in [5, 5.41) is 17.7. The number of carbonyl (C=O) groups excluding carboxylic acids is 1. The summed E-state index contributed by atoms with van der Waals surface area (Å²) in [5.74, 6) is -1.97. The Hall–Kier alpha value is -2.95. The molecular weight excluding hydrogens is 260 g/mol. The number of aromatic carboxylic acids is 2. The van der Waals surface area contributed by atoms with Crippen LogP contribution in [0.4, 0.5) is 0 Å². The number of carbonyl (C=O) groups is 3. The van der Waals surface area contributed by atoms with Crippen LogP contribution in [0.15, 0.2) is 48.5 Å². The van der Waals surface area contributed by atoms with Crippen LogP contribution in [-0.4, -0.2) is 28.9 Å². The standard InChI is InChI=1S/C14H10O4.CH2O/c15-13(16)10-6-4-9(5-7-10)11-2-1-3-12(8-11)14(17)18;1-2/h1-8H,(H,15,16)(H,17,18);1H2. The highest BCUT2D eigenvalue weighted by Crippen LogP contribution is 2.21. The van der Waals surface area contributed by atoms with Gasteiger partial charge in [-0.25, -0.2) is 9.59 Å². The normalized spacial score (nSPS) is 9.20. The van der Waals surface area contributed by atoms with Crippen molar-refractivity contribution in [1.82, 2.24) is 0 Å². The second-order valence-corrected chi connectivity index (χ2v) is 3.77. The van der Waals surface area contributed by atoms with Crippen LogP contribution in [0.3, 0.4) is 0 Å². The molecule has 2 rings (SSSR count). The van der Waals surface area contributed by atoms with Crippen molar-refractivity contribution in [1.29, 1.82) is 0 Å². The molecule has 0 atom stereocenters. The molecule has 0 radical (unpaired) electrons. The highest BCUT2D eigenvalue weighted by Gasteiger charge is 2.06. The van der Waals surface area contributed by atoms with Crippen LogP contribution in [-0.2, 0) is 4.79 Å². The van der Waals surface area contributed by atoms with Crippen molar-refractivity contribution in [3.05, 3.63) is 59.7 Å². The predicted octanol–water partition coefficient (Wildman–Crippen LogP) is 2.57. The summed E-state index contributed by atoms with van der Waals surface area (Å²) in [7, 11) is 0. The number of hydrogen-bond donors (Lipinski definition) is 2.